The van der Waals surface area contributed by atoms with E-state index in [1.165, 1.54) is 0 Å². The Balaban J connectivity index is 1.46. The Morgan fingerprint density at radius 1 is 1.05 bits per heavy atom. The monoisotopic (exact) mass is 279 g/mol. The van der Waals surface area contributed by atoms with Crippen LogP contribution in [0.4, 0.5) is 11.8 Å². The fourth-order valence-corrected chi connectivity index (χ4v) is 2.50. The van der Waals surface area contributed by atoms with Gasteiger partial charge in [0.25, 0.3) is 0 Å². The van der Waals surface area contributed by atoms with Crippen molar-refractivity contribution in [2.45, 2.75) is 37.9 Å². The molecule has 2 saturated heterocycles. The minimum atomic E-state index is 0.266. The molecule has 2 atom stereocenters. The summed E-state index contributed by atoms with van der Waals surface area (Å²) in [6.07, 6.45) is 6.66. The number of nitrogens with zero attached hydrogens (tertiary/aromatic N) is 3. The van der Waals surface area contributed by atoms with Crippen LogP contribution in [0, 0.1) is 0 Å². The molecule has 3 rings (SSSR count). The molecule has 0 aliphatic carbocycles. The van der Waals surface area contributed by atoms with Gasteiger partial charge in [-0.2, -0.15) is 10.1 Å². The van der Waals surface area contributed by atoms with Crippen molar-refractivity contribution >= 4 is 11.8 Å². The average molecular weight is 279 g/mol. The number of ether oxygens (including phenoxy) is 2. The first-order valence-corrected chi connectivity index (χ1v) is 7.31. The fourth-order valence-electron chi connectivity index (χ4n) is 2.50. The van der Waals surface area contributed by atoms with Gasteiger partial charge in [-0.15, -0.1) is 5.10 Å². The van der Waals surface area contributed by atoms with Crippen LogP contribution in [0.15, 0.2) is 6.20 Å². The van der Waals surface area contributed by atoms with Gasteiger partial charge in [-0.25, -0.2) is 0 Å². The Labute approximate surface area is 118 Å². The van der Waals surface area contributed by atoms with Crippen LogP contribution in [0.25, 0.3) is 0 Å². The molecule has 2 unspecified atom stereocenters. The zero-order chi connectivity index (χ0) is 13.6. The Morgan fingerprint density at radius 3 is 2.40 bits per heavy atom. The van der Waals surface area contributed by atoms with E-state index >= 15 is 0 Å². The SMILES string of the molecule is c1nnc(NCC2CCCO2)nc1NCC1CCCO1. The highest BCUT2D eigenvalue weighted by Crippen LogP contribution is 2.14. The highest BCUT2D eigenvalue weighted by atomic mass is 16.5. The van der Waals surface area contributed by atoms with Crippen molar-refractivity contribution in [3.8, 4) is 0 Å². The minimum absolute atomic E-state index is 0.266. The van der Waals surface area contributed by atoms with Gasteiger partial charge in [0.05, 0.1) is 18.4 Å². The van der Waals surface area contributed by atoms with E-state index in [9.17, 15) is 0 Å². The molecule has 0 saturated carbocycles. The number of aromatic nitrogens is 3. The highest BCUT2D eigenvalue weighted by molar-refractivity contribution is 5.37. The van der Waals surface area contributed by atoms with Crippen molar-refractivity contribution in [2.24, 2.45) is 0 Å². The molecule has 110 valence electrons. The van der Waals surface area contributed by atoms with Gasteiger partial charge in [0.2, 0.25) is 5.95 Å². The number of hydrogen-bond acceptors (Lipinski definition) is 7. The predicted octanol–water partition coefficient (Wildman–Crippen LogP) is 1.05. The molecule has 2 aliphatic heterocycles. The first kappa shape index (κ1) is 13.5. The van der Waals surface area contributed by atoms with Crippen LogP contribution in [0.1, 0.15) is 25.7 Å². The van der Waals surface area contributed by atoms with E-state index in [4.69, 9.17) is 9.47 Å². The van der Waals surface area contributed by atoms with Crippen molar-refractivity contribution in [1.82, 2.24) is 15.2 Å². The molecule has 0 bridgehead atoms. The molecule has 0 aromatic carbocycles. The summed E-state index contributed by atoms with van der Waals surface area (Å²) in [6.45, 7) is 3.22. The summed E-state index contributed by atoms with van der Waals surface area (Å²) in [6, 6.07) is 0. The van der Waals surface area contributed by atoms with E-state index in [1.807, 2.05) is 0 Å². The fraction of sp³-hybridized carbons (Fsp3) is 0.769. The van der Waals surface area contributed by atoms with E-state index in [0.717, 1.165) is 57.8 Å². The van der Waals surface area contributed by atoms with E-state index < -0.39 is 0 Å². The molecule has 0 spiro atoms. The zero-order valence-electron chi connectivity index (χ0n) is 11.5. The van der Waals surface area contributed by atoms with Crippen molar-refractivity contribution in [3.63, 3.8) is 0 Å². The normalized spacial score (nSPS) is 25.8. The Bertz CT molecular complexity index is 384. The van der Waals surface area contributed by atoms with Gasteiger partial charge in [0.1, 0.15) is 0 Å². The maximum absolute atomic E-state index is 5.56. The van der Waals surface area contributed by atoms with Crippen molar-refractivity contribution in [3.05, 3.63) is 6.20 Å². The predicted molar refractivity (Wildman–Crippen MR) is 74.8 cm³/mol. The van der Waals surface area contributed by atoms with Gasteiger partial charge in [-0.3, -0.25) is 0 Å². The van der Waals surface area contributed by atoms with E-state index in [2.05, 4.69) is 25.8 Å². The number of hydrogen-bond donors (Lipinski definition) is 2. The second-order valence-electron chi connectivity index (χ2n) is 5.20. The molecule has 20 heavy (non-hydrogen) atoms. The van der Waals surface area contributed by atoms with Crippen LogP contribution in [-0.2, 0) is 9.47 Å². The molecule has 3 heterocycles. The summed E-state index contributed by atoms with van der Waals surface area (Å²) < 4.78 is 11.1. The Morgan fingerprint density at radius 2 is 1.75 bits per heavy atom. The third-order valence-corrected chi connectivity index (χ3v) is 3.61. The van der Waals surface area contributed by atoms with Crippen LogP contribution in [0.3, 0.4) is 0 Å². The average Bonchev–Trinajstić information content (AvgIpc) is 3.17. The minimum Gasteiger partial charge on any atom is -0.376 e. The standard InChI is InChI=1S/C13H21N5O2/c1-3-10(19-5-1)7-14-12-9-16-18-13(17-12)15-8-11-4-2-6-20-11/h9-11H,1-8H2,(H2,14,15,17,18). The van der Waals surface area contributed by atoms with Crippen LogP contribution in [0.5, 0.6) is 0 Å². The number of rotatable bonds is 6. The molecule has 2 N–H and O–H groups in total. The summed E-state index contributed by atoms with van der Waals surface area (Å²) >= 11 is 0. The van der Waals surface area contributed by atoms with Crippen molar-refractivity contribution in [1.29, 1.82) is 0 Å². The van der Waals surface area contributed by atoms with Crippen molar-refractivity contribution in [2.75, 3.05) is 36.9 Å². The smallest absolute Gasteiger partial charge is 0.244 e. The summed E-state index contributed by atoms with van der Waals surface area (Å²) in [5.74, 6) is 1.27. The third kappa shape index (κ3) is 3.77. The van der Waals surface area contributed by atoms with Gasteiger partial charge in [-0.1, -0.05) is 0 Å². The van der Waals surface area contributed by atoms with Gasteiger partial charge >= 0.3 is 0 Å². The molecule has 1 aromatic heterocycles. The number of anilines is 2. The molecule has 1 aromatic rings. The van der Waals surface area contributed by atoms with E-state index in [0.29, 0.717) is 5.95 Å². The van der Waals surface area contributed by atoms with Crippen LogP contribution >= 0.6 is 0 Å². The summed E-state index contributed by atoms with van der Waals surface area (Å²) in [7, 11) is 0. The van der Waals surface area contributed by atoms with Crippen LogP contribution in [-0.4, -0.2) is 53.7 Å². The number of nitrogens with one attached hydrogen (secondary N) is 2. The van der Waals surface area contributed by atoms with Gasteiger partial charge in [-0.05, 0) is 25.7 Å². The quantitative estimate of drug-likeness (QED) is 0.805. The maximum atomic E-state index is 5.56. The summed E-state index contributed by atoms with van der Waals surface area (Å²) in [4.78, 5) is 4.39. The maximum Gasteiger partial charge on any atom is 0.244 e. The molecule has 0 amide bonds. The van der Waals surface area contributed by atoms with E-state index in [-0.39, 0.29) is 12.2 Å². The molecule has 7 nitrogen and oxygen atoms in total. The summed E-state index contributed by atoms with van der Waals surface area (Å²) in [5.41, 5.74) is 0. The lowest BCUT2D eigenvalue weighted by atomic mass is 10.2. The van der Waals surface area contributed by atoms with Crippen LogP contribution < -0.4 is 10.6 Å². The van der Waals surface area contributed by atoms with Crippen molar-refractivity contribution < 1.29 is 9.47 Å². The van der Waals surface area contributed by atoms with Gasteiger partial charge in [0.15, 0.2) is 5.82 Å². The first-order valence-electron chi connectivity index (χ1n) is 7.31. The molecule has 2 aliphatic rings. The Kier molecular flexibility index (Phi) is 4.60. The lowest BCUT2D eigenvalue weighted by Gasteiger charge is -2.12. The first-order chi connectivity index (χ1) is 9.90. The third-order valence-electron chi connectivity index (χ3n) is 3.61. The topological polar surface area (TPSA) is 81.2 Å². The molecule has 2 fully saturated rings. The molecular formula is C13H21N5O2. The van der Waals surface area contributed by atoms with Crippen LogP contribution in [0.2, 0.25) is 0 Å². The highest BCUT2D eigenvalue weighted by Gasteiger charge is 2.16. The molecule has 0 radical (unpaired) electrons. The largest absolute Gasteiger partial charge is 0.376 e. The van der Waals surface area contributed by atoms with Gasteiger partial charge in [0, 0.05) is 26.3 Å². The Hall–Kier alpha value is -1.47. The second kappa shape index (κ2) is 6.81. The molecule has 7 heteroatoms. The second-order valence-corrected chi connectivity index (χ2v) is 5.20. The van der Waals surface area contributed by atoms with Gasteiger partial charge < -0.3 is 20.1 Å². The van der Waals surface area contributed by atoms with E-state index in [1.54, 1.807) is 6.20 Å². The summed E-state index contributed by atoms with van der Waals surface area (Å²) in [5, 5.41) is 14.4. The lowest BCUT2D eigenvalue weighted by molar-refractivity contribution is 0.120. The zero-order valence-corrected chi connectivity index (χ0v) is 11.5. The molecular weight excluding hydrogens is 258 g/mol. The lowest BCUT2D eigenvalue weighted by Crippen LogP contribution is -2.21.